The minimum atomic E-state index is -2.61. The molecule has 2 aromatic carbocycles. The van der Waals surface area contributed by atoms with Crippen LogP contribution in [0.15, 0.2) is 42.5 Å². The first kappa shape index (κ1) is 26.6. The fourth-order valence-corrected chi connectivity index (χ4v) is 6.24. The number of hydrogen-bond donors (Lipinski definition) is 5. The zero-order chi connectivity index (χ0) is 24.7. The third-order valence-corrected chi connectivity index (χ3v) is 8.00. The zero-order valence-electron chi connectivity index (χ0n) is 19.3. The van der Waals surface area contributed by atoms with Crippen molar-refractivity contribution in [3.63, 3.8) is 0 Å². The van der Waals surface area contributed by atoms with Gasteiger partial charge < -0.3 is 15.7 Å². The Kier molecular flexibility index (Phi) is 9.44. The second-order valence-electron chi connectivity index (χ2n) is 9.06. The van der Waals surface area contributed by atoms with E-state index in [-0.39, 0.29) is 37.0 Å². The molecule has 6 nitrogen and oxygen atoms in total. The molecule has 3 atom stereocenters. The first-order chi connectivity index (χ1) is 16.1. The highest BCUT2D eigenvalue weighted by atomic mass is 32.3. The van der Waals surface area contributed by atoms with E-state index in [0.29, 0.717) is 24.3 Å². The Balaban J connectivity index is 1.62. The molecular formula is C25H34F2N2O4S. The van der Waals surface area contributed by atoms with Gasteiger partial charge in [-0.1, -0.05) is 31.2 Å². The maximum atomic E-state index is 13.7. The molecule has 1 amide bonds. The first-order valence-corrected chi connectivity index (χ1v) is 13.5. The lowest BCUT2D eigenvalue weighted by Gasteiger charge is -2.27. The summed E-state index contributed by atoms with van der Waals surface area (Å²) in [5.74, 6) is -1.43. The van der Waals surface area contributed by atoms with Gasteiger partial charge in [-0.3, -0.25) is 13.9 Å². The molecule has 34 heavy (non-hydrogen) atoms. The van der Waals surface area contributed by atoms with Gasteiger partial charge in [-0.2, -0.15) is 10.6 Å². The highest BCUT2D eigenvalue weighted by molar-refractivity contribution is 8.24. The van der Waals surface area contributed by atoms with Crippen LogP contribution in [0.3, 0.4) is 0 Å². The molecule has 1 aliphatic rings. The van der Waals surface area contributed by atoms with Crippen molar-refractivity contribution in [3.8, 4) is 0 Å². The lowest BCUT2D eigenvalue weighted by Crippen LogP contribution is -2.49. The molecule has 5 N–H and O–H groups in total. The number of aliphatic hydroxyl groups excluding tert-OH is 1. The largest absolute Gasteiger partial charge is 0.390 e. The molecule has 2 aromatic rings. The topological polar surface area (TPSA) is 102 Å². The molecule has 1 aliphatic heterocycles. The van der Waals surface area contributed by atoms with Crippen molar-refractivity contribution in [2.75, 3.05) is 18.1 Å². The fourth-order valence-electron chi connectivity index (χ4n) is 4.32. The molecule has 0 saturated carbocycles. The highest BCUT2D eigenvalue weighted by Crippen LogP contribution is 2.49. The van der Waals surface area contributed by atoms with Crippen LogP contribution in [0.25, 0.3) is 0 Å². The van der Waals surface area contributed by atoms with Crippen LogP contribution in [0.2, 0.25) is 0 Å². The van der Waals surface area contributed by atoms with Gasteiger partial charge in [0.15, 0.2) is 0 Å². The summed E-state index contributed by atoms with van der Waals surface area (Å²) < 4.78 is 47.0. The molecule has 9 heteroatoms. The summed E-state index contributed by atoms with van der Waals surface area (Å²) in [6.45, 7) is 2.77. The van der Waals surface area contributed by atoms with Crippen molar-refractivity contribution in [1.82, 2.24) is 10.6 Å². The van der Waals surface area contributed by atoms with E-state index in [1.807, 2.05) is 18.2 Å². The summed E-state index contributed by atoms with van der Waals surface area (Å²) in [5, 5.41) is 16.8. The summed E-state index contributed by atoms with van der Waals surface area (Å²) in [6.07, 6.45) is 0.623. The molecule has 188 valence electrons. The Bertz CT molecular complexity index is 955. The molecule has 0 bridgehead atoms. The number of amides is 1. The molecule has 3 rings (SSSR count). The minimum absolute atomic E-state index is 0.0500. The number of aliphatic hydroxyl groups is 1. The van der Waals surface area contributed by atoms with E-state index in [2.05, 4.69) is 23.6 Å². The van der Waals surface area contributed by atoms with E-state index in [0.717, 1.165) is 18.1 Å². The van der Waals surface area contributed by atoms with E-state index in [1.54, 1.807) is 0 Å². The second-order valence-corrected chi connectivity index (χ2v) is 11.4. The predicted molar refractivity (Wildman–Crippen MR) is 131 cm³/mol. The lowest BCUT2D eigenvalue weighted by molar-refractivity contribution is -0.123. The summed E-state index contributed by atoms with van der Waals surface area (Å²) >= 11 is 0. The first-order valence-electron chi connectivity index (χ1n) is 11.6. The summed E-state index contributed by atoms with van der Waals surface area (Å²) in [6, 6.07) is 10.5. The van der Waals surface area contributed by atoms with Crippen molar-refractivity contribution < 1.29 is 27.8 Å². The number of rotatable bonds is 11. The molecule has 1 fully saturated rings. The maximum absolute atomic E-state index is 13.7. The molecule has 0 aromatic heterocycles. The van der Waals surface area contributed by atoms with Crippen molar-refractivity contribution in [3.05, 3.63) is 70.8 Å². The van der Waals surface area contributed by atoms with Crippen LogP contribution < -0.4 is 10.6 Å². The standard InChI is InChI=1S/C25H34F2N2O4S/c1-2-17-4-3-5-18(8-17)14-28-15-24(30)23(11-20-9-21(26)13-22(27)10-20)29-25(31)12-19-6-7-34(32,33)16-19/h3-5,8-10,13,19,23-24,28,30,32-33H,2,6-7,11-12,14-16H2,1H3,(H,29,31)/t19?,23-,24+/m0/s1. The smallest absolute Gasteiger partial charge is 0.220 e. The van der Waals surface area contributed by atoms with Crippen LogP contribution >= 0.6 is 10.6 Å². The lowest BCUT2D eigenvalue weighted by atomic mass is 9.99. The number of carbonyl (C=O) groups is 1. The Morgan fingerprint density at radius 2 is 1.82 bits per heavy atom. The number of hydrogen-bond acceptors (Lipinski definition) is 5. The SMILES string of the molecule is CCc1cccc(CNC[C@@H](O)[C@H](Cc2cc(F)cc(F)c2)NC(=O)CC2CCS(O)(O)C2)c1. The van der Waals surface area contributed by atoms with E-state index in [4.69, 9.17) is 0 Å². The molecular weight excluding hydrogens is 462 g/mol. The molecule has 0 aliphatic carbocycles. The van der Waals surface area contributed by atoms with Gasteiger partial charge in [0, 0.05) is 37.1 Å². The van der Waals surface area contributed by atoms with Crippen LogP contribution in [0.4, 0.5) is 8.78 Å². The van der Waals surface area contributed by atoms with Gasteiger partial charge >= 0.3 is 0 Å². The molecule has 1 heterocycles. The van der Waals surface area contributed by atoms with Gasteiger partial charge in [-0.25, -0.2) is 8.78 Å². The fraction of sp³-hybridized carbons (Fsp3) is 0.480. The van der Waals surface area contributed by atoms with Crippen molar-refractivity contribution in [2.45, 2.75) is 51.3 Å². The average Bonchev–Trinajstić information content (AvgIpc) is 3.10. The Morgan fingerprint density at radius 1 is 1.12 bits per heavy atom. The van der Waals surface area contributed by atoms with Crippen LogP contribution in [0.1, 0.15) is 36.5 Å². The number of carbonyl (C=O) groups excluding carboxylic acids is 1. The highest BCUT2D eigenvalue weighted by Gasteiger charge is 2.31. The van der Waals surface area contributed by atoms with E-state index in [1.165, 1.54) is 17.7 Å². The van der Waals surface area contributed by atoms with Gasteiger partial charge in [0.05, 0.1) is 12.1 Å². The normalized spacial score (nSPS) is 20.0. The molecule has 0 radical (unpaired) electrons. The van der Waals surface area contributed by atoms with Crippen molar-refractivity contribution in [2.24, 2.45) is 5.92 Å². The Morgan fingerprint density at radius 3 is 2.47 bits per heavy atom. The quantitative estimate of drug-likeness (QED) is 0.325. The van der Waals surface area contributed by atoms with Crippen LogP contribution in [-0.4, -0.2) is 50.3 Å². The zero-order valence-corrected chi connectivity index (χ0v) is 20.2. The number of aryl methyl sites for hydroxylation is 1. The third-order valence-electron chi connectivity index (χ3n) is 6.10. The van der Waals surface area contributed by atoms with Crippen LogP contribution in [-0.2, 0) is 24.2 Å². The molecule has 1 saturated heterocycles. The monoisotopic (exact) mass is 496 g/mol. The maximum Gasteiger partial charge on any atom is 0.220 e. The number of halogens is 2. The van der Waals surface area contributed by atoms with Crippen LogP contribution in [0, 0.1) is 17.6 Å². The van der Waals surface area contributed by atoms with Gasteiger partial charge in [-0.15, -0.1) is 0 Å². The van der Waals surface area contributed by atoms with Crippen molar-refractivity contribution in [1.29, 1.82) is 0 Å². The van der Waals surface area contributed by atoms with Gasteiger partial charge in [0.25, 0.3) is 0 Å². The third kappa shape index (κ3) is 8.32. The van der Waals surface area contributed by atoms with E-state index < -0.39 is 34.4 Å². The van der Waals surface area contributed by atoms with Gasteiger partial charge in [0.1, 0.15) is 11.6 Å². The van der Waals surface area contributed by atoms with Crippen molar-refractivity contribution >= 4 is 16.5 Å². The number of benzene rings is 2. The predicted octanol–water partition coefficient (Wildman–Crippen LogP) is 3.87. The summed E-state index contributed by atoms with van der Waals surface area (Å²) in [7, 11) is -2.61. The second kappa shape index (κ2) is 12.1. The Labute approximate surface area is 201 Å². The van der Waals surface area contributed by atoms with Gasteiger partial charge in [0.2, 0.25) is 5.91 Å². The van der Waals surface area contributed by atoms with Crippen LogP contribution in [0.5, 0.6) is 0 Å². The molecule has 0 spiro atoms. The van der Waals surface area contributed by atoms with E-state index in [9.17, 15) is 27.8 Å². The summed E-state index contributed by atoms with van der Waals surface area (Å²) in [5.41, 5.74) is 2.61. The Hall–Kier alpha value is -2.04. The van der Waals surface area contributed by atoms with Gasteiger partial charge in [-0.05, 0) is 54.0 Å². The minimum Gasteiger partial charge on any atom is -0.390 e. The van der Waals surface area contributed by atoms with E-state index >= 15 is 0 Å². The summed E-state index contributed by atoms with van der Waals surface area (Å²) in [4.78, 5) is 12.7. The number of nitrogens with one attached hydrogen (secondary N) is 2. The molecule has 1 unspecified atom stereocenters. The average molecular weight is 497 g/mol.